The van der Waals surface area contributed by atoms with Crippen LogP contribution in [-0.4, -0.2) is 5.11 Å². The first kappa shape index (κ1) is 13.1. The second kappa shape index (κ2) is 5.93. The molecule has 0 aromatic heterocycles. The number of phenolic OH excluding ortho intramolecular Hbond substituents is 1. The zero-order chi connectivity index (χ0) is 12.1. The van der Waals surface area contributed by atoms with Gasteiger partial charge < -0.3 is 5.11 Å². The van der Waals surface area contributed by atoms with E-state index in [1.165, 1.54) is 30.4 Å². The Morgan fingerprint density at radius 3 is 2.50 bits per heavy atom. The van der Waals surface area contributed by atoms with E-state index in [0.717, 1.165) is 12.0 Å². The van der Waals surface area contributed by atoms with E-state index in [-0.39, 0.29) is 0 Å². The van der Waals surface area contributed by atoms with Gasteiger partial charge in [-0.25, -0.2) is 0 Å². The van der Waals surface area contributed by atoms with E-state index in [1.807, 2.05) is 13.0 Å². The van der Waals surface area contributed by atoms with Crippen LogP contribution < -0.4 is 0 Å². The Balaban J connectivity index is 2.96. The summed E-state index contributed by atoms with van der Waals surface area (Å²) < 4.78 is 0. The van der Waals surface area contributed by atoms with E-state index >= 15 is 0 Å². The Kier molecular flexibility index (Phi) is 4.85. The highest BCUT2D eigenvalue weighted by Crippen LogP contribution is 2.30. The molecule has 1 rings (SSSR count). The maximum Gasteiger partial charge on any atom is 0.118 e. The lowest BCUT2D eigenvalue weighted by atomic mass is 9.89. The maximum absolute atomic E-state index is 9.71. The van der Waals surface area contributed by atoms with Crippen molar-refractivity contribution in [2.75, 3.05) is 0 Å². The lowest BCUT2D eigenvalue weighted by molar-refractivity contribution is 0.469. The Hall–Kier alpha value is -0.980. The summed E-state index contributed by atoms with van der Waals surface area (Å²) in [4.78, 5) is 0. The van der Waals surface area contributed by atoms with Gasteiger partial charge in [-0.3, -0.25) is 0 Å². The molecule has 0 radical (unpaired) electrons. The van der Waals surface area contributed by atoms with Crippen molar-refractivity contribution in [3.63, 3.8) is 0 Å². The van der Waals surface area contributed by atoms with Crippen LogP contribution in [-0.2, 0) is 6.42 Å². The lowest BCUT2D eigenvalue weighted by Crippen LogP contribution is -2.00. The van der Waals surface area contributed by atoms with Crippen molar-refractivity contribution in [3.8, 4) is 5.75 Å². The predicted octanol–water partition coefficient (Wildman–Crippen LogP) is 4.56. The number of aromatic hydroxyl groups is 1. The molecule has 0 heterocycles. The molecule has 0 bridgehead atoms. The Morgan fingerprint density at radius 2 is 1.94 bits per heavy atom. The number of benzene rings is 1. The van der Waals surface area contributed by atoms with Gasteiger partial charge in [-0.2, -0.15) is 0 Å². The van der Waals surface area contributed by atoms with Gasteiger partial charge in [0.25, 0.3) is 0 Å². The van der Waals surface area contributed by atoms with Gasteiger partial charge in [0.15, 0.2) is 0 Å². The minimum atomic E-state index is 0.434. The van der Waals surface area contributed by atoms with E-state index in [9.17, 15) is 5.11 Å². The van der Waals surface area contributed by atoms with Gasteiger partial charge in [-0.1, -0.05) is 39.7 Å². The van der Waals surface area contributed by atoms with Crippen LogP contribution in [0.2, 0.25) is 0 Å². The average molecular weight is 220 g/mol. The fraction of sp³-hybridized carbons (Fsp3) is 0.600. The molecule has 90 valence electrons. The van der Waals surface area contributed by atoms with Crippen molar-refractivity contribution in [1.82, 2.24) is 0 Å². The van der Waals surface area contributed by atoms with Crippen LogP contribution >= 0.6 is 0 Å². The zero-order valence-electron chi connectivity index (χ0n) is 11.0. The monoisotopic (exact) mass is 220 g/mol. The average Bonchev–Trinajstić information content (AvgIpc) is 2.28. The molecule has 0 saturated carbocycles. The van der Waals surface area contributed by atoms with Gasteiger partial charge in [0.1, 0.15) is 5.75 Å². The van der Waals surface area contributed by atoms with Crippen molar-refractivity contribution in [3.05, 3.63) is 28.8 Å². The van der Waals surface area contributed by atoms with Gasteiger partial charge >= 0.3 is 0 Å². The molecule has 1 N–H and O–H groups in total. The summed E-state index contributed by atoms with van der Waals surface area (Å²) in [5.41, 5.74) is 3.72. The second-order valence-corrected chi connectivity index (χ2v) is 4.73. The predicted molar refractivity (Wildman–Crippen MR) is 70.2 cm³/mol. The van der Waals surface area contributed by atoms with Gasteiger partial charge in [0, 0.05) is 0 Å². The van der Waals surface area contributed by atoms with E-state index in [0.29, 0.717) is 11.7 Å². The van der Waals surface area contributed by atoms with Crippen molar-refractivity contribution in [2.24, 2.45) is 0 Å². The second-order valence-electron chi connectivity index (χ2n) is 4.73. The van der Waals surface area contributed by atoms with Crippen molar-refractivity contribution in [1.29, 1.82) is 0 Å². The lowest BCUT2D eigenvalue weighted by Gasteiger charge is -2.17. The van der Waals surface area contributed by atoms with Crippen LogP contribution in [0.1, 0.15) is 62.6 Å². The fourth-order valence-corrected chi connectivity index (χ4v) is 2.19. The van der Waals surface area contributed by atoms with Gasteiger partial charge in [0.2, 0.25) is 0 Å². The summed E-state index contributed by atoms with van der Waals surface area (Å²) >= 11 is 0. The summed E-state index contributed by atoms with van der Waals surface area (Å²) in [6.45, 7) is 8.65. The van der Waals surface area contributed by atoms with Crippen LogP contribution in [0.4, 0.5) is 0 Å². The quantitative estimate of drug-likeness (QED) is 0.771. The Bertz CT molecular complexity index is 342. The first-order chi connectivity index (χ1) is 7.60. The molecule has 16 heavy (non-hydrogen) atoms. The van der Waals surface area contributed by atoms with Crippen molar-refractivity contribution < 1.29 is 5.11 Å². The molecular weight excluding hydrogens is 196 g/mol. The molecule has 0 amide bonds. The molecule has 1 aromatic carbocycles. The Morgan fingerprint density at radius 1 is 1.25 bits per heavy atom. The summed E-state index contributed by atoms with van der Waals surface area (Å²) in [6, 6.07) is 4.10. The van der Waals surface area contributed by atoms with E-state index in [4.69, 9.17) is 0 Å². The standard InChI is InChI=1S/C15H24O/c1-5-7-8-11(3)14-9-12(4)15(16)10-13(14)6-2/h9-11,16H,5-8H2,1-4H3. The molecule has 1 nitrogen and oxygen atoms in total. The molecule has 0 aliphatic carbocycles. The summed E-state index contributed by atoms with van der Waals surface area (Å²) in [5, 5.41) is 9.71. The largest absolute Gasteiger partial charge is 0.508 e. The molecule has 0 fully saturated rings. The fourth-order valence-electron chi connectivity index (χ4n) is 2.19. The first-order valence-electron chi connectivity index (χ1n) is 6.42. The van der Waals surface area contributed by atoms with Gasteiger partial charge in [-0.15, -0.1) is 0 Å². The third kappa shape index (κ3) is 3.01. The minimum absolute atomic E-state index is 0.434. The molecule has 1 unspecified atom stereocenters. The third-order valence-corrected chi connectivity index (χ3v) is 3.36. The van der Waals surface area contributed by atoms with Crippen molar-refractivity contribution in [2.45, 2.75) is 59.3 Å². The molecule has 0 saturated heterocycles. The molecule has 0 aliphatic heterocycles. The highest BCUT2D eigenvalue weighted by atomic mass is 16.3. The minimum Gasteiger partial charge on any atom is -0.508 e. The first-order valence-corrected chi connectivity index (χ1v) is 6.42. The Labute approximate surface area is 99.5 Å². The molecule has 0 spiro atoms. The van der Waals surface area contributed by atoms with Crippen molar-refractivity contribution >= 4 is 0 Å². The number of rotatable bonds is 5. The number of aryl methyl sites for hydroxylation is 2. The maximum atomic E-state index is 9.71. The van der Waals surface area contributed by atoms with E-state index in [1.54, 1.807) is 0 Å². The number of hydrogen-bond donors (Lipinski definition) is 1. The summed E-state index contributed by atoms with van der Waals surface area (Å²) in [5.74, 6) is 1.04. The van der Waals surface area contributed by atoms with Crippen LogP contribution in [0.15, 0.2) is 12.1 Å². The van der Waals surface area contributed by atoms with E-state index in [2.05, 4.69) is 26.8 Å². The van der Waals surface area contributed by atoms with Crippen LogP contribution in [0.25, 0.3) is 0 Å². The molecule has 0 aliphatic rings. The molecule has 1 heteroatoms. The highest BCUT2D eigenvalue weighted by molar-refractivity contribution is 5.42. The summed E-state index contributed by atoms with van der Waals surface area (Å²) in [6.07, 6.45) is 4.78. The molecule has 1 atom stereocenters. The van der Waals surface area contributed by atoms with Crippen LogP contribution in [0.3, 0.4) is 0 Å². The smallest absolute Gasteiger partial charge is 0.118 e. The number of unbranched alkanes of at least 4 members (excludes halogenated alkanes) is 1. The molecular formula is C15H24O. The topological polar surface area (TPSA) is 20.2 Å². The zero-order valence-corrected chi connectivity index (χ0v) is 11.0. The number of hydrogen-bond acceptors (Lipinski definition) is 1. The van der Waals surface area contributed by atoms with Crippen LogP contribution in [0.5, 0.6) is 5.75 Å². The highest BCUT2D eigenvalue weighted by Gasteiger charge is 2.11. The third-order valence-electron chi connectivity index (χ3n) is 3.36. The van der Waals surface area contributed by atoms with Gasteiger partial charge in [0.05, 0.1) is 0 Å². The van der Waals surface area contributed by atoms with Crippen LogP contribution in [0, 0.1) is 6.92 Å². The van der Waals surface area contributed by atoms with E-state index < -0.39 is 0 Å². The SMILES string of the molecule is CCCCC(C)c1cc(C)c(O)cc1CC. The van der Waals surface area contributed by atoms with Gasteiger partial charge in [-0.05, 0) is 48.4 Å². The summed E-state index contributed by atoms with van der Waals surface area (Å²) in [7, 11) is 0. The number of phenols is 1. The molecule has 1 aromatic rings. The normalized spacial score (nSPS) is 12.8.